The lowest BCUT2D eigenvalue weighted by Gasteiger charge is -2.13. The fourth-order valence-corrected chi connectivity index (χ4v) is 3.26. The summed E-state index contributed by atoms with van der Waals surface area (Å²) in [6.45, 7) is 12.0. The smallest absolute Gasteiger partial charge is 0.437 e. The van der Waals surface area contributed by atoms with Gasteiger partial charge in [0.1, 0.15) is 5.75 Å². The van der Waals surface area contributed by atoms with Gasteiger partial charge in [-0.3, -0.25) is 0 Å². The summed E-state index contributed by atoms with van der Waals surface area (Å²) in [5.41, 5.74) is 2.28. The van der Waals surface area contributed by atoms with Gasteiger partial charge in [-0.15, -0.1) is 0 Å². The molecule has 30 heavy (non-hydrogen) atoms. The van der Waals surface area contributed by atoms with Crippen molar-refractivity contribution in [2.75, 3.05) is 18.5 Å². The van der Waals surface area contributed by atoms with Crippen LogP contribution >= 0.6 is 0 Å². The number of alkyl halides is 3. The van der Waals surface area contributed by atoms with Gasteiger partial charge in [0.2, 0.25) is 0 Å². The van der Waals surface area contributed by atoms with E-state index >= 15 is 0 Å². The van der Waals surface area contributed by atoms with E-state index < -0.39 is 11.9 Å². The molecule has 0 spiro atoms. The topological polar surface area (TPSA) is 51.7 Å². The Kier molecular flexibility index (Phi) is 6.50. The first kappa shape index (κ1) is 21.5. The monoisotopic (exact) mass is 417 g/mol. The summed E-state index contributed by atoms with van der Waals surface area (Å²) in [7, 11) is 0. The van der Waals surface area contributed by atoms with E-state index in [1.807, 2.05) is 26.0 Å². The molecular weight excluding hydrogens is 395 g/mol. The molecule has 5 nitrogen and oxygen atoms in total. The molecule has 0 unspecified atom stereocenters. The summed E-state index contributed by atoms with van der Waals surface area (Å²) >= 11 is 0. The second kappa shape index (κ2) is 9.08. The van der Waals surface area contributed by atoms with Gasteiger partial charge in [0, 0.05) is 17.8 Å². The molecule has 8 heteroatoms. The molecule has 0 aliphatic rings. The summed E-state index contributed by atoms with van der Waals surface area (Å²) in [5, 5.41) is 6.49. The Labute approximate surface area is 172 Å². The maximum absolute atomic E-state index is 13.1. The van der Waals surface area contributed by atoms with Gasteiger partial charge >= 0.3 is 6.18 Å². The molecule has 0 saturated heterocycles. The van der Waals surface area contributed by atoms with E-state index in [9.17, 15) is 13.2 Å². The maximum Gasteiger partial charge on any atom is 0.437 e. The molecule has 0 fully saturated rings. The van der Waals surface area contributed by atoms with E-state index in [1.54, 1.807) is 12.1 Å². The third kappa shape index (κ3) is 4.67. The Balaban J connectivity index is 1.64. The van der Waals surface area contributed by atoms with E-state index in [2.05, 4.69) is 15.3 Å². The van der Waals surface area contributed by atoms with Crippen LogP contribution in [0.3, 0.4) is 0 Å². The van der Waals surface area contributed by atoms with Gasteiger partial charge in [-0.1, -0.05) is 30.6 Å². The molecule has 2 aromatic carbocycles. The first-order chi connectivity index (χ1) is 14.3. The van der Waals surface area contributed by atoms with Crippen LogP contribution in [0.15, 0.2) is 34.9 Å². The van der Waals surface area contributed by atoms with Crippen LogP contribution in [0, 0.1) is 13.5 Å². The SMILES string of the molecule is [C-]#[N+]c1ccc(NCCCOc2ccc3c(C(F)(F)F)noc3c2CCC)c(C)c1. The predicted molar refractivity (Wildman–Crippen MR) is 109 cm³/mol. The van der Waals surface area contributed by atoms with Gasteiger partial charge in [0.15, 0.2) is 17.0 Å². The fourth-order valence-electron chi connectivity index (χ4n) is 3.26. The van der Waals surface area contributed by atoms with E-state index in [-0.39, 0.29) is 11.0 Å². The van der Waals surface area contributed by atoms with Crippen molar-refractivity contribution in [1.29, 1.82) is 0 Å². The zero-order valence-electron chi connectivity index (χ0n) is 16.8. The van der Waals surface area contributed by atoms with Crippen molar-refractivity contribution in [2.45, 2.75) is 39.3 Å². The highest BCUT2D eigenvalue weighted by molar-refractivity contribution is 5.85. The van der Waals surface area contributed by atoms with Crippen LogP contribution in [-0.2, 0) is 12.6 Å². The first-order valence-electron chi connectivity index (χ1n) is 9.68. The van der Waals surface area contributed by atoms with Gasteiger partial charge in [-0.05, 0) is 43.5 Å². The van der Waals surface area contributed by atoms with E-state index in [0.717, 1.165) is 17.7 Å². The molecule has 158 valence electrons. The molecule has 0 amide bonds. The Morgan fingerprint density at radius 3 is 2.70 bits per heavy atom. The lowest BCUT2D eigenvalue weighted by Crippen LogP contribution is -2.09. The van der Waals surface area contributed by atoms with Gasteiger partial charge in [0.25, 0.3) is 0 Å². The van der Waals surface area contributed by atoms with Crippen molar-refractivity contribution >= 4 is 22.3 Å². The highest BCUT2D eigenvalue weighted by Crippen LogP contribution is 2.38. The summed E-state index contributed by atoms with van der Waals surface area (Å²) in [4.78, 5) is 3.40. The summed E-state index contributed by atoms with van der Waals surface area (Å²) in [6, 6.07) is 8.37. The largest absolute Gasteiger partial charge is 0.493 e. The van der Waals surface area contributed by atoms with Crippen molar-refractivity contribution in [1.82, 2.24) is 5.16 Å². The highest BCUT2D eigenvalue weighted by Gasteiger charge is 2.37. The number of aryl methyl sites for hydroxylation is 2. The van der Waals surface area contributed by atoms with Crippen LogP contribution in [0.2, 0.25) is 0 Å². The molecular formula is C22H22F3N3O2. The number of ether oxygens (including phenoxy) is 1. The third-order valence-electron chi connectivity index (χ3n) is 4.70. The minimum absolute atomic E-state index is 0.0432. The lowest BCUT2D eigenvalue weighted by atomic mass is 10.0. The summed E-state index contributed by atoms with van der Waals surface area (Å²) in [6.07, 6.45) is -2.60. The number of halogens is 3. The quantitative estimate of drug-likeness (QED) is 0.334. The zero-order valence-corrected chi connectivity index (χ0v) is 16.8. The molecule has 0 atom stereocenters. The predicted octanol–water partition coefficient (Wildman–Crippen LogP) is 6.54. The second-order valence-corrected chi connectivity index (χ2v) is 6.94. The highest BCUT2D eigenvalue weighted by atomic mass is 19.4. The number of hydrogen-bond acceptors (Lipinski definition) is 4. The number of nitrogens with one attached hydrogen (secondary N) is 1. The third-order valence-corrected chi connectivity index (χ3v) is 4.70. The van der Waals surface area contributed by atoms with Crippen LogP contribution in [0.5, 0.6) is 5.75 Å². The van der Waals surface area contributed by atoms with E-state index in [1.165, 1.54) is 6.07 Å². The fraction of sp³-hybridized carbons (Fsp3) is 0.364. The Morgan fingerprint density at radius 2 is 2.03 bits per heavy atom. The van der Waals surface area contributed by atoms with E-state index in [4.69, 9.17) is 15.8 Å². The van der Waals surface area contributed by atoms with Gasteiger partial charge < -0.3 is 14.6 Å². The van der Waals surface area contributed by atoms with Crippen LogP contribution in [0.1, 0.15) is 36.6 Å². The van der Waals surface area contributed by atoms with Gasteiger partial charge in [-0.2, -0.15) is 13.2 Å². The lowest BCUT2D eigenvalue weighted by molar-refractivity contribution is -0.141. The number of benzene rings is 2. The molecule has 0 radical (unpaired) electrons. The van der Waals surface area contributed by atoms with E-state index in [0.29, 0.717) is 43.0 Å². The molecule has 0 aliphatic heterocycles. The van der Waals surface area contributed by atoms with Crippen molar-refractivity contribution < 1.29 is 22.4 Å². The van der Waals surface area contributed by atoms with Crippen molar-refractivity contribution in [3.05, 3.63) is 58.6 Å². The zero-order chi connectivity index (χ0) is 21.7. The Morgan fingerprint density at radius 1 is 1.23 bits per heavy atom. The molecule has 0 aliphatic carbocycles. The average molecular weight is 417 g/mol. The van der Waals surface area contributed by atoms with Gasteiger partial charge in [0.05, 0.1) is 18.6 Å². The van der Waals surface area contributed by atoms with Crippen molar-refractivity contribution in [2.24, 2.45) is 0 Å². The van der Waals surface area contributed by atoms with Gasteiger partial charge in [-0.25, -0.2) is 4.85 Å². The second-order valence-electron chi connectivity index (χ2n) is 6.94. The van der Waals surface area contributed by atoms with Crippen LogP contribution in [0.25, 0.3) is 15.8 Å². The van der Waals surface area contributed by atoms with Crippen LogP contribution in [-0.4, -0.2) is 18.3 Å². The molecule has 3 rings (SSSR count). The number of rotatable bonds is 8. The Hall–Kier alpha value is -3.21. The normalized spacial score (nSPS) is 11.5. The number of anilines is 1. The molecule has 0 saturated carbocycles. The minimum atomic E-state index is -4.56. The van der Waals surface area contributed by atoms with Crippen LogP contribution < -0.4 is 10.1 Å². The molecule has 1 N–H and O–H groups in total. The van der Waals surface area contributed by atoms with Crippen molar-refractivity contribution in [3.8, 4) is 5.75 Å². The Bertz CT molecular complexity index is 1070. The number of fused-ring (bicyclic) bond motifs is 1. The maximum atomic E-state index is 13.1. The standard InChI is InChI=1S/C22H22F3N3O2/c1-4-6-16-19(10-8-17-20(16)30-28-21(17)22(23,24)25)29-12-5-11-27-18-9-7-15(26-3)13-14(18)2/h7-10,13,27H,4-6,11-12H2,1-2H3. The van der Waals surface area contributed by atoms with Crippen LogP contribution in [0.4, 0.5) is 24.5 Å². The number of nitrogens with zero attached hydrogens (tertiary/aromatic N) is 2. The molecule has 1 aromatic heterocycles. The molecule has 3 aromatic rings. The average Bonchev–Trinajstić information content (AvgIpc) is 3.15. The first-order valence-corrected chi connectivity index (χ1v) is 9.68. The minimum Gasteiger partial charge on any atom is -0.493 e. The number of aromatic nitrogens is 1. The molecule has 1 heterocycles. The van der Waals surface area contributed by atoms with Crippen molar-refractivity contribution in [3.63, 3.8) is 0 Å². The number of hydrogen-bond donors (Lipinski definition) is 1. The summed E-state index contributed by atoms with van der Waals surface area (Å²) in [5.74, 6) is 0.520. The molecule has 0 bridgehead atoms. The summed E-state index contributed by atoms with van der Waals surface area (Å²) < 4.78 is 50.2.